The van der Waals surface area contributed by atoms with Crippen molar-refractivity contribution in [3.8, 4) is 11.5 Å². The van der Waals surface area contributed by atoms with Gasteiger partial charge in [0, 0.05) is 15.8 Å². The van der Waals surface area contributed by atoms with Crippen LogP contribution < -0.4 is 14.8 Å². The monoisotopic (exact) mass is 417 g/mol. The highest BCUT2D eigenvalue weighted by Crippen LogP contribution is 2.36. The Hall–Kier alpha value is -1.14. The van der Waals surface area contributed by atoms with E-state index in [4.69, 9.17) is 21.1 Å². The summed E-state index contributed by atoms with van der Waals surface area (Å²) in [5, 5.41) is 3.96. The van der Waals surface area contributed by atoms with Crippen molar-refractivity contribution >= 4 is 39.9 Å². The summed E-state index contributed by atoms with van der Waals surface area (Å²) in [5.74, 6) is 1.20. The molecule has 21 heavy (non-hydrogen) atoms. The van der Waals surface area contributed by atoms with Crippen LogP contribution in [0.15, 0.2) is 30.3 Å². The molecule has 2 aromatic rings. The lowest BCUT2D eigenvalue weighted by molar-refractivity contribution is 0.355. The van der Waals surface area contributed by atoms with Crippen molar-refractivity contribution in [3.63, 3.8) is 0 Å². The van der Waals surface area contributed by atoms with Crippen LogP contribution in [0.1, 0.15) is 11.1 Å². The summed E-state index contributed by atoms with van der Waals surface area (Å²) in [4.78, 5) is 0. The second-order valence-corrected chi connectivity index (χ2v) is 6.28. The van der Waals surface area contributed by atoms with Gasteiger partial charge in [-0.05, 0) is 71.0 Å². The number of hydrogen-bond acceptors (Lipinski definition) is 3. The minimum Gasteiger partial charge on any atom is -0.493 e. The molecule has 0 unspecified atom stereocenters. The summed E-state index contributed by atoms with van der Waals surface area (Å²) in [6.07, 6.45) is 0. The summed E-state index contributed by atoms with van der Waals surface area (Å²) in [6.45, 7) is 2.76. The summed E-state index contributed by atoms with van der Waals surface area (Å²) in [5.41, 5.74) is 3.37. The maximum absolute atomic E-state index is 6.21. The van der Waals surface area contributed by atoms with Crippen molar-refractivity contribution in [2.75, 3.05) is 19.5 Å². The van der Waals surface area contributed by atoms with Gasteiger partial charge in [-0.1, -0.05) is 11.6 Å². The molecule has 0 fully saturated rings. The lowest BCUT2D eigenvalue weighted by Crippen LogP contribution is -2.02. The van der Waals surface area contributed by atoms with E-state index in [0.717, 1.165) is 11.3 Å². The number of benzene rings is 2. The maximum atomic E-state index is 6.21. The molecule has 0 aliphatic rings. The number of aryl methyl sites for hydroxylation is 1. The normalized spacial score (nSPS) is 10.3. The fourth-order valence-corrected chi connectivity index (χ4v) is 3.05. The van der Waals surface area contributed by atoms with E-state index in [0.29, 0.717) is 23.1 Å². The first-order chi connectivity index (χ1) is 10.0. The highest BCUT2D eigenvalue weighted by Gasteiger charge is 2.11. The molecule has 1 N–H and O–H groups in total. The molecule has 0 radical (unpaired) electrons. The van der Waals surface area contributed by atoms with Gasteiger partial charge in [0.2, 0.25) is 0 Å². The Balaban J connectivity index is 2.18. The van der Waals surface area contributed by atoms with E-state index in [1.807, 2.05) is 12.1 Å². The molecule has 0 bridgehead atoms. The predicted molar refractivity (Wildman–Crippen MR) is 95.8 cm³/mol. The molecule has 0 atom stereocenters. The predicted octanol–water partition coefficient (Wildman–Crippen LogP) is 4.88. The van der Waals surface area contributed by atoms with Crippen molar-refractivity contribution in [2.45, 2.75) is 13.5 Å². The van der Waals surface area contributed by atoms with E-state index < -0.39 is 0 Å². The molecule has 5 heteroatoms. The molecule has 0 saturated heterocycles. The third-order valence-electron chi connectivity index (χ3n) is 3.16. The zero-order valence-corrected chi connectivity index (χ0v) is 15.1. The number of nitrogens with one attached hydrogen (secondary N) is 1. The molecule has 0 heterocycles. The first-order valence-corrected chi connectivity index (χ1v) is 7.91. The van der Waals surface area contributed by atoms with Crippen LogP contribution in [0.3, 0.4) is 0 Å². The molecule has 0 saturated carbocycles. The standard InChI is InChI=1S/C16H17ClINO2/c1-10-6-12(18)4-5-14(10)19-9-11-7-13(17)16(21-3)15(8-11)20-2/h4-8,19H,9H2,1-3H3. The Bertz CT molecular complexity index is 646. The van der Waals surface area contributed by atoms with Gasteiger partial charge in [0.1, 0.15) is 0 Å². The molecule has 3 nitrogen and oxygen atoms in total. The molecule has 112 valence electrons. The Morgan fingerprint density at radius 1 is 1.14 bits per heavy atom. The molecule has 0 aromatic heterocycles. The second-order valence-electron chi connectivity index (χ2n) is 4.63. The van der Waals surface area contributed by atoms with E-state index in [9.17, 15) is 0 Å². The molecule has 2 rings (SSSR count). The zero-order chi connectivity index (χ0) is 15.4. The minimum atomic E-state index is 0.549. The van der Waals surface area contributed by atoms with E-state index in [1.54, 1.807) is 14.2 Å². The number of halogens is 2. The van der Waals surface area contributed by atoms with Gasteiger partial charge in [-0.2, -0.15) is 0 Å². The average Bonchev–Trinajstić information content (AvgIpc) is 2.45. The topological polar surface area (TPSA) is 30.5 Å². The van der Waals surface area contributed by atoms with Crippen molar-refractivity contribution < 1.29 is 9.47 Å². The first kappa shape index (κ1) is 16.2. The smallest absolute Gasteiger partial charge is 0.179 e. The minimum absolute atomic E-state index is 0.549. The average molecular weight is 418 g/mol. The van der Waals surface area contributed by atoms with Crippen LogP contribution in [0.4, 0.5) is 5.69 Å². The fraction of sp³-hybridized carbons (Fsp3) is 0.250. The molecule has 0 aliphatic carbocycles. The van der Waals surface area contributed by atoms with Gasteiger partial charge in [-0.25, -0.2) is 0 Å². The maximum Gasteiger partial charge on any atom is 0.179 e. The Kier molecular flexibility index (Phi) is 5.58. The van der Waals surface area contributed by atoms with E-state index >= 15 is 0 Å². The number of anilines is 1. The number of ether oxygens (including phenoxy) is 2. The second kappa shape index (κ2) is 7.22. The van der Waals surface area contributed by atoms with E-state index in [-0.39, 0.29) is 0 Å². The zero-order valence-electron chi connectivity index (χ0n) is 12.2. The molecular formula is C16H17ClINO2. The molecule has 0 spiro atoms. The largest absolute Gasteiger partial charge is 0.493 e. The van der Waals surface area contributed by atoms with Gasteiger partial charge < -0.3 is 14.8 Å². The van der Waals surface area contributed by atoms with Crippen molar-refractivity contribution in [1.29, 1.82) is 0 Å². The van der Waals surface area contributed by atoms with Crippen LogP contribution in [-0.2, 0) is 6.54 Å². The van der Waals surface area contributed by atoms with Gasteiger partial charge in [-0.15, -0.1) is 0 Å². The highest BCUT2D eigenvalue weighted by atomic mass is 127. The van der Waals surface area contributed by atoms with Crippen LogP contribution in [0.5, 0.6) is 11.5 Å². The lowest BCUT2D eigenvalue weighted by Gasteiger charge is -2.14. The van der Waals surface area contributed by atoms with E-state index in [2.05, 4.69) is 53.0 Å². The fourth-order valence-electron chi connectivity index (χ4n) is 2.10. The van der Waals surface area contributed by atoms with Crippen LogP contribution in [0.2, 0.25) is 5.02 Å². The summed E-state index contributed by atoms with van der Waals surface area (Å²) < 4.78 is 11.8. The first-order valence-electron chi connectivity index (χ1n) is 6.45. The van der Waals surface area contributed by atoms with Crippen LogP contribution in [0, 0.1) is 10.5 Å². The number of rotatable bonds is 5. The third-order valence-corrected chi connectivity index (χ3v) is 4.12. The highest BCUT2D eigenvalue weighted by molar-refractivity contribution is 14.1. The molecule has 0 aliphatic heterocycles. The van der Waals surface area contributed by atoms with Crippen LogP contribution >= 0.6 is 34.2 Å². The molecule has 0 amide bonds. The molecular weight excluding hydrogens is 401 g/mol. The lowest BCUT2D eigenvalue weighted by atomic mass is 10.1. The van der Waals surface area contributed by atoms with Crippen molar-refractivity contribution in [1.82, 2.24) is 0 Å². The van der Waals surface area contributed by atoms with Crippen LogP contribution in [0.25, 0.3) is 0 Å². The van der Waals surface area contributed by atoms with Gasteiger partial charge >= 0.3 is 0 Å². The quantitative estimate of drug-likeness (QED) is 0.703. The van der Waals surface area contributed by atoms with Crippen molar-refractivity contribution in [2.24, 2.45) is 0 Å². The molecule has 2 aromatic carbocycles. The Labute approximate surface area is 143 Å². The van der Waals surface area contributed by atoms with E-state index in [1.165, 1.54) is 9.13 Å². The number of methoxy groups -OCH3 is 2. The van der Waals surface area contributed by atoms with Gasteiger partial charge in [0.05, 0.1) is 19.2 Å². The summed E-state index contributed by atoms with van der Waals surface area (Å²) in [6, 6.07) is 10.1. The SMILES string of the molecule is COc1cc(CNc2ccc(I)cc2C)cc(Cl)c1OC. The summed E-state index contributed by atoms with van der Waals surface area (Å²) >= 11 is 8.52. The number of hydrogen-bond donors (Lipinski definition) is 1. The Morgan fingerprint density at radius 3 is 2.52 bits per heavy atom. The van der Waals surface area contributed by atoms with Crippen LogP contribution in [-0.4, -0.2) is 14.2 Å². The van der Waals surface area contributed by atoms with Gasteiger partial charge in [0.15, 0.2) is 11.5 Å². The van der Waals surface area contributed by atoms with Gasteiger partial charge in [0.25, 0.3) is 0 Å². The van der Waals surface area contributed by atoms with Gasteiger partial charge in [-0.3, -0.25) is 0 Å². The van der Waals surface area contributed by atoms with Crippen molar-refractivity contribution in [3.05, 3.63) is 50.1 Å². The summed E-state index contributed by atoms with van der Waals surface area (Å²) in [7, 11) is 3.19. The Morgan fingerprint density at radius 2 is 1.90 bits per heavy atom. The third kappa shape index (κ3) is 3.95.